The summed E-state index contributed by atoms with van der Waals surface area (Å²) >= 11 is 0. The summed E-state index contributed by atoms with van der Waals surface area (Å²) in [4.78, 5) is 0. The predicted octanol–water partition coefficient (Wildman–Crippen LogP) is 4.54. The normalized spacial score (nSPS) is 10.6. The zero-order chi connectivity index (χ0) is 15.3. The van der Waals surface area contributed by atoms with Gasteiger partial charge in [-0.1, -0.05) is 45.6 Å². The summed E-state index contributed by atoms with van der Waals surface area (Å²) in [5.41, 5.74) is 1.24. The summed E-state index contributed by atoms with van der Waals surface area (Å²) in [5, 5.41) is 3.50. The van der Waals surface area contributed by atoms with Crippen LogP contribution in [0.3, 0.4) is 0 Å². The van der Waals surface area contributed by atoms with Crippen LogP contribution in [0.1, 0.15) is 57.9 Å². The van der Waals surface area contributed by atoms with Crippen molar-refractivity contribution in [3.05, 3.63) is 23.8 Å². The summed E-state index contributed by atoms with van der Waals surface area (Å²) in [6.45, 7) is 7.05. The van der Waals surface area contributed by atoms with Gasteiger partial charge in [0.15, 0.2) is 11.5 Å². The van der Waals surface area contributed by atoms with Crippen LogP contribution in [0.15, 0.2) is 18.2 Å². The molecule has 1 aromatic carbocycles. The molecule has 0 aliphatic carbocycles. The smallest absolute Gasteiger partial charge is 0.161 e. The van der Waals surface area contributed by atoms with Gasteiger partial charge in [0.05, 0.1) is 13.7 Å². The third-order valence-electron chi connectivity index (χ3n) is 3.48. The second-order valence-corrected chi connectivity index (χ2v) is 5.42. The molecule has 0 aliphatic heterocycles. The van der Waals surface area contributed by atoms with Gasteiger partial charge in [0, 0.05) is 6.54 Å². The lowest BCUT2D eigenvalue weighted by atomic mass is 10.1. The van der Waals surface area contributed by atoms with E-state index in [2.05, 4.69) is 31.3 Å². The summed E-state index contributed by atoms with van der Waals surface area (Å²) in [5.74, 6) is 1.66. The highest BCUT2D eigenvalue weighted by atomic mass is 16.5. The van der Waals surface area contributed by atoms with Crippen LogP contribution in [-0.4, -0.2) is 20.3 Å². The average molecular weight is 293 g/mol. The first-order valence-electron chi connectivity index (χ1n) is 8.32. The Hall–Kier alpha value is -1.22. The maximum absolute atomic E-state index is 5.67. The van der Waals surface area contributed by atoms with E-state index in [1.807, 2.05) is 6.07 Å². The first kappa shape index (κ1) is 17.8. The minimum absolute atomic E-state index is 0.728. The van der Waals surface area contributed by atoms with E-state index in [1.165, 1.54) is 37.7 Å². The minimum atomic E-state index is 0.728. The molecule has 0 atom stereocenters. The fraction of sp³-hybridized carbons (Fsp3) is 0.667. The van der Waals surface area contributed by atoms with Crippen LogP contribution < -0.4 is 14.8 Å². The van der Waals surface area contributed by atoms with Gasteiger partial charge < -0.3 is 14.8 Å². The van der Waals surface area contributed by atoms with Gasteiger partial charge in [0.1, 0.15) is 0 Å². The molecule has 0 saturated carbocycles. The molecule has 0 radical (unpaired) electrons. The summed E-state index contributed by atoms with van der Waals surface area (Å²) in [6, 6.07) is 6.18. The number of rotatable bonds is 12. The zero-order valence-electron chi connectivity index (χ0n) is 13.9. The van der Waals surface area contributed by atoms with Crippen molar-refractivity contribution in [1.82, 2.24) is 5.32 Å². The molecule has 0 saturated heterocycles. The molecule has 0 heterocycles. The van der Waals surface area contributed by atoms with Gasteiger partial charge in [0.25, 0.3) is 0 Å². The molecule has 1 aromatic rings. The quantitative estimate of drug-likeness (QED) is 0.574. The van der Waals surface area contributed by atoms with Crippen LogP contribution in [0.2, 0.25) is 0 Å². The maximum atomic E-state index is 5.67. The molecule has 21 heavy (non-hydrogen) atoms. The Morgan fingerprint density at radius 1 is 0.952 bits per heavy atom. The number of hydrogen-bond donors (Lipinski definition) is 1. The van der Waals surface area contributed by atoms with E-state index in [9.17, 15) is 0 Å². The van der Waals surface area contributed by atoms with Crippen molar-refractivity contribution >= 4 is 0 Å². The molecule has 3 nitrogen and oxygen atoms in total. The third kappa shape index (κ3) is 7.37. The highest BCUT2D eigenvalue weighted by Gasteiger charge is 2.05. The monoisotopic (exact) mass is 293 g/mol. The minimum Gasteiger partial charge on any atom is -0.493 e. The number of ether oxygens (including phenoxy) is 2. The third-order valence-corrected chi connectivity index (χ3v) is 3.48. The largest absolute Gasteiger partial charge is 0.493 e. The maximum Gasteiger partial charge on any atom is 0.161 e. The van der Waals surface area contributed by atoms with Crippen molar-refractivity contribution in [2.75, 3.05) is 20.3 Å². The Bertz CT molecular complexity index is 379. The molecule has 1 N–H and O–H groups in total. The standard InChI is InChI=1S/C18H31NO2/c1-4-6-7-8-9-12-19-15-16-10-11-17(21-13-5-2)18(14-16)20-3/h10-11,14,19H,4-9,12-13,15H2,1-3H3. The molecule has 1 rings (SSSR count). The van der Waals surface area contributed by atoms with E-state index >= 15 is 0 Å². The number of hydrogen-bond acceptors (Lipinski definition) is 3. The molecule has 0 spiro atoms. The Kier molecular flexibility index (Phi) is 9.71. The topological polar surface area (TPSA) is 30.5 Å². The lowest BCUT2D eigenvalue weighted by Crippen LogP contribution is -2.14. The summed E-state index contributed by atoms with van der Waals surface area (Å²) in [7, 11) is 1.69. The van der Waals surface area contributed by atoms with E-state index in [0.717, 1.165) is 37.6 Å². The van der Waals surface area contributed by atoms with Gasteiger partial charge >= 0.3 is 0 Å². The second kappa shape index (κ2) is 11.4. The van der Waals surface area contributed by atoms with Crippen LogP contribution in [0.4, 0.5) is 0 Å². The Labute approximate surface area is 130 Å². The van der Waals surface area contributed by atoms with Crippen molar-refractivity contribution in [2.45, 2.75) is 58.9 Å². The Morgan fingerprint density at radius 2 is 1.76 bits per heavy atom. The molecule has 0 aliphatic rings. The van der Waals surface area contributed by atoms with Crippen LogP contribution in [0.5, 0.6) is 11.5 Å². The van der Waals surface area contributed by atoms with Crippen molar-refractivity contribution in [3.63, 3.8) is 0 Å². The molecular weight excluding hydrogens is 262 g/mol. The molecule has 3 heteroatoms. The number of methoxy groups -OCH3 is 1. The number of benzene rings is 1. The molecule has 0 aromatic heterocycles. The highest BCUT2D eigenvalue weighted by molar-refractivity contribution is 5.42. The Balaban J connectivity index is 2.31. The second-order valence-electron chi connectivity index (χ2n) is 5.42. The zero-order valence-corrected chi connectivity index (χ0v) is 13.9. The van der Waals surface area contributed by atoms with E-state index in [0.29, 0.717) is 0 Å². The molecular formula is C18H31NO2. The summed E-state index contributed by atoms with van der Waals surface area (Å²) < 4.78 is 11.1. The van der Waals surface area contributed by atoms with Gasteiger partial charge in [0.2, 0.25) is 0 Å². The van der Waals surface area contributed by atoms with Crippen LogP contribution >= 0.6 is 0 Å². The van der Waals surface area contributed by atoms with Crippen molar-refractivity contribution in [2.24, 2.45) is 0 Å². The molecule has 0 amide bonds. The van der Waals surface area contributed by atoms with E-state index in [1.54, 1.807) is 7.11 Å². The Morgan fingerprint density at radius 3 is 2.48 bits per heavy atom. The van der Waals surface area contributed by atoms with Crippen LogP contribution in [0, 0.1) is 0 Å². The van der Waals surface area contributed by atoms with E-state index in [-0.39, 0.29) is 0 Å². The van der Waals surface area contributed by atoms with E-state index in [4.69, 9.17) is 9.47 Å². The SMILES string of the molecule is CCCCCCCNCc1ccc(OCCC)c(OC)c1. The highest BCUT2D eigenvalue weighted by Crippen LogP contribution is 2.28. The molecule has 0 unspecified atom stereocenters. The van der Waals surface area contributed by atoms with Crippen LogP contribution in [0.25, 0.3) is 0 Å². The van der Waals surface area contributed by atoms with Gasteiger partial charge in [-0.15, -0.1) is 0 Å². The molecule has 0 bridgehead atoms. The van der Waals surface area contributed by atoms with Crippen molar-refractivity contribution in [3.8, 4) is 11.5 Å². The average Bonchev–Trinajstić information content (AvgIpc) is 2.52. The van der Waals surface area contributed by atoms with Gasteiger partial charge in [-0.05, 0) is 37.1 Å². The van der Waals surface area contributed by atoms with Gasteiger partial charge in [-0.2, -0.15) is 0 Å². The molecule has 120 valence electrons. The fourth-order valence-electron chi connectivity index (χ4n) is 2.24. The summed E-state index contributed by atoms with van der Waals surface area (Å²) in [6.07, 6.45) is 7.61. The fourth-order valence-corrected chi connectivity index (χ4v) is 2.24. The first-order chi connectivity index (χ1) is 10.3. The lowest BCUT2D eigenvalue weighted by Gasteiger charge is -2.12. The van der Waals surface area contributed by atoms with E-state index < -0.39 is 0 Å². The van der Waals surface area contributed by atoms with Crippen molar-refractivity contribution in [1.29, 1.82) is 0 Å². The van der Waals surface area contributed by atoms with Gasteiger partial charge in [-0.3, -0.25) is 0 Å². The number of unbranched alkanes of at least 4 members (excludes halogenated alkanes) is 4. The first-order valence-corrected chi connectivity index (χ1v) is 8.32. The predicted molar refractivity (Wildman–Crippen MR) is 89.2 cm³/mol. The van der Waals surface area contributed by atoms with Gasteiger partial charge in [-0.25, -0.2) is 0 Å². The van der Waals surface area contributed by atoms with Crippen LogP contribution in [-0.2, 0) is 6.54 Å². The van der Waals surface area contributed by atoms with Crippen molar-refractivity contribution < 1.29 is 9.47 Å². The lowest BCUT2D eigenvalue weighted by molar-refractivity contribution is 0.294. The molecule has 0 fully saturated rings. The number of nitrogens with one attached hydrogen (secondary N) is 1.